The summed E-state index contributed by atoms with van der Waals surface area (Å²) >= 11 is 0. The molecule has 3 heteroatoms. The Kier molecular flexibility index (Phi) is 4.99. The summed E-state index contributed by atoms with van der Waals surface area (Å²) in [5.74, 6) is 0.736. The van der Waals surface area contributed by atoms with Crippen LogP contribution in [0, 0.1) is 11.3 Å². The first-order valence-corrected chi connectivity index (χ1v) is 6.93. The van der Waals surface area contributed by atoms with Gasteiger partial charge in [-0.15, -0.1) is 0 Å². The first-order chi connectivity index (χ1) is 7.95. The fourth-order valence-electron chi connectivity index (χ4n) is 2.80. The third-order valence-electron chi connectivity index (χ3n) is 4.41. The Bertz CT molecular complexity index is 257. The minimum atomic E-state index is -0.170. The Labute approximate surface area is 106 Å². The van der Waals surface area contributed by atoms with E-state index in [0.29, 0.717) is 17.9 Å². The zero-order valence-electron chi connectivity index (χ0n) is 12.0. The normalized spacial score (nSPS) is 26.2. The van der Waals surface area contributed by atoms with Crippen molar-refractivity contribution in [3.05, 3.63) is 0 Å². The first-order valence-electron chi connectivity index (χ1n) is 6.93. The molecule has 17 heavy (non-hydrogen) atoms. The average Bonchev–Trinajstić information content (AvgIpc) is 2.77. The van der Waals surface area contributed by atoms with E-state index in [1.807, 2.05) is 11.9 Å². The molecule has 0 aliphatic carbocycles. The van der Waals surface area contributed by atoms with E-state index >= 15 is 0 Å². The van der Waals surface area contributed by atoms with Gasteiger partial charge in [0.2, 0.25) is 5.91 Å². The minimum Gasteiger partial charge on any atom is -0.343 e. The monoisotopic (exact) mass is 240 g/mol. The van der Waals surface area contributed by atoms with Crippen LogP contribution in [0.3, 0.4) is 0 Å². The van der Waals surface area contributed by atoms with Crippen molar-refractivity contribution in [2.24, 2.45) is 11.3 Å². The van der Waals surface area contributed by atoms with Crippen LogP contribution in [0.1, 0.15) is 47.0 Å². The third-order valence-corrected chi connectivity index (χ3v) is 4.41. The van der Waals surface area contributed by atoms with Crippen molar-refractivity contribution >= 4 is 5.91 Å². The molecular weight excluding hydrogens is 212 g/mol. The maximum Gasteiger partial charge on any atom is 0.230 e. The molecule has 1 heterocycles. The number of hydrogen-bond acceptors (Lipinski definition) is 2. The van der Waals surface area contributed by atoms with Crippen LogP contribution in [-0.4, -0.2) is 37.0 Å². The van der Waals surface area contributed by atoms with Gasteiger partial charge in [0.15, 0.2) is 0 Å². The number of amides is 1. The van der Waals surface area contributed by atoms with Gasteiger partial charge in [0.1, 0.15) is 0 Å². The molecule has 1 N–H and O–H groups in total. The number of nitrogens with one attached hydrogen (secondary N) is 1. The first kappa shape index (κ1) is 14.5. The zero-order chi connectivity index (χ0) is 13.1. The SMILES string of the molecule is CCCC(C)N(C)C(=O)C1(C(C)C)CCNC1. The molecule has 1 fully saturated rings. The lowest BCUT2D eigenvalue weighted by Crippen LogP contribution is -2.49. The van der Waals surface area contributed by atoms with Gasteiger partial charge >= 0.3 is 0 Å². The average molecular weight is 240 g/mol. The van der Waals surface area contributed by atoms with Crippen LogP contribution in [0.4, 0.5) is 0 Å². The number of carbonyl (C=O) groups is 1. The van der Waals surface area contributed by atoms with E-state index in [4.69, 9.17) is 0 Å². The predicted octanol–water partition coefficient (Wildman–Crippen LogP) is 2.27. The van der Waals surface area contributed by atoms with E-state index in [1.54, 1.807) is 0 Å². The van der Waals surface area contributed by atoms with Gasteiger partial charge in [0.25, 0.3) is 0 Å². The molecule has 1 aliphatic rings. The molecule has 2 atom stereocenters. The van der Waals surface area contributed by atoms with Crippen LogP contribution in [-0.2, 0) is 4.79 Å². The van der Waals surface area contributed by atoms with Crippen LogP contribution >= 0.6 is 0 Å². The standard InChI is InChI=1S/C14H28N2O/c1-6-7-12(4)16(5)13(17)14(11(2)3)8-9-15-10-14/h11-12,15H,6-10H2,1-5H3. The van der Waals surface area contributed by atoms with Crippen molar-refractivity contribution in [2.45, 2.75) is 53.0 Å². The highest BCUT2D eigenvalue weighted by molar-refractivity contribution is 5.83. The molecule has 0 radical (unpaired) electrons. The zero-order valence-corrected chi connectivity index (χ0v) is 12.0. The smallest absolute Gasteiger partial charge is 0.230 e. The lowest BCUT2D eigenvalue weighted by molar-refractivity contribution is -0.144. The maximum atomic E-state index is 12.7. The quantitative estimate of drug-likeness (QED) is 0.799. The van der Waals surface area contributed by atoms with Crippen LogP contribution in [0.2, 0.25) is 0 Å². The van der Waals surface area contributed by atoms with Gasteiger partial charge in [-0.05, 0) is 32.2 Å². The molecule has 0 saturated carbocycles. The number of nitrogens with zero attached hydrogens (tertiary/aromatic N) is 1. The summed E-state index contributed by atoms with van der Waals surface area (Å²) in [7, 11) is 1.96. The number of carbonyl (C=O) groups excluding carboxylic acids is 1. The molecule has 2 unspecified atom stereocenters. The van der Waals surface area contributed by atoms with Gasteiger partial charge in [-0.25, -0.2) is 0 Å². The van der Waals surface area contributed by atoms with E-state index in [0.717, 1.165) is 32.4 Å². The largest absolute Gasteiger partial charge is 0.343 e. The molecule has 100 valence electrons. The molecule has 1 amide bonds. The Morgan fingerprint density at radius 1 is 1.41 bits per heavy atom. The van der Waals surface area contributed by atoms with Crippen molar-refractivity contribution in [2.75, 3.05) is 20.1 Å². The lowest BCUT2D eigenvalue weighted by atomic mass is 9.75. The second-order valence-corrected chi connectivity index (χ2v) is 5.79. The van der Waals surface area contributed by atoms with Gasteiger partial charge in [0, 0.05) is 19.6 Å². The molecule has 1 rings (SSSR count). The molecular formula is C14H28N2O. The van der Waals surface area contributed by atoms with E-state index in [1.165, 1.54) is 0 Å². The van der Waals surface area contributed by atoms with E-state index < -0.39 is 0 Å². The van der Waals surface area contributed by atoms with Gasteiger partial charge in [-0.1, -0.05) is 27.2 Å². The van der Waals surface area contributed by atoms with Crippen molar-refractivity contribution in [3.8, 4) is 0 Å². The van der Waals surface area contributed by atoms with Crippen LogP contribution in [0.15, 0.2) is 0 Å². The highest BCUT2D eigenvalue weighted by atomic mass is 16.2. The summed E-state index contributed by atoms with van der Waals surface area (Å²) in [6.45, 7) is 10.5. The Morgan fingerprint density at radius 2 is 2.06 bits per heavy atom. The van der Waals surface area contributed by atoms with Gasteiger partial charge in [0.05, 0.1) is 5.41 Å². The molecule has 0 aromatic rings. The summed E-state index contributed by atoms with van der Waals surface area (Å²) < 4.78 is 0. The summed E-state index contributed by atoms with van der Waals surface area (Å²) in [6, 6.07) is 0.351. The lowest BCUT2D eigenvalue weighted by Gasteiger charge is -2.37. The Balaban J connectivity index is 2.78. The second-order valence-electron chi connectivity index (χ2n) is 5.79. The van der Waals surface area contributed by atoms with Crippen molar-refractivity contribution in [1.82, 2.24) is 10.2 Å². The third kappa shape index (κ3) is 2.82. The molecule has 0 aromatic carbocycles. The van der Waals surface area contributed by atoms with E-state index in [9.17, 15) is 4.79 Å². The van der Waals surface area contributed by atoms with Gasteiger partial charge in [-0.2, -0.15) is 0 Å². The van der Waals surface area contributed by atoms with Crippen molar-refractivity contribution < 1.29 is 4.79 Å². The summed E-state index contributed by atoms with van der Waals surface area (Å²) in [6.07, 6.45) is 3.20. The summed E-state index contributed by atoms with van der Waals surface area (Å²) in [4.78, 5) is 14.7. The van der Waals surface area contributed by atoms with Crippen molar-refractivity contribution in [1.29, 1.82) is 0 Å². The van der Waals surface area contributed by atoms with Gasteiger partial charge in [-0.3, -0.25) is 4.79 Å². The fourth-order valence-corrected chi connectivity index (χ4v) is 2.80. The Hall–Kier alpha value is -0.570. The summed E-state index contributed by atoms with van der Waals surface area (Å²) in [5.41, 5.74) is -0.170. The van der Waals surface area contributed by atoms with Gasteiger partial charge < -0.3 is 10.2 Å². The molecule has 0 aromatic heterocycles. The maximum absolute atomic E-state index is 12.7. The molecule has 0 bridgehead atoms. The van der Waals surface area contributed by atoms with Crippen molar-refractivity contribution in [3.63, 3.8) is 0 Å². The molecule has 3 nitrogen and oxygen atoms in total. The van der Waals surface area contributed by atoms with Crippen LogP contribution in [0.5, 0.6) is 0 Å². The topological polar surface area (TPSA) is 32.3 Å². The van der Waals surface area contributed by atoms with E-state index in [2.05, 4.69) is 33.0 Å². The highest BCUT2D eigenvalue weighted by Crippen LogP contribution is 2.36. The molecule has 0 spiro atoms. The molecule has 1 aliphatic heterocycles. The van der Waals surface area contributed by atoms with E-state index in [-0.39, 0.29) is 5.41 Å². The van der Waals surface area contributed by atoms with Crippen LogP contribution in [0.25, 0.3) is 0 Å². The summed E-state index contributed by atoms with van der Waals surface area (Å²) in [5, 5.41) is 3.35. The van der Waals surface area contributed by atoms with Crippen LogP contribution < -0.4 is 5.32 Å². The predicted molar refractivity (Wildman–Crippen MR) is 71.9 cm³/mol. The minimum absolute atomic E-state index is 0.170. The molecule has 1 saturated heterocycles. The second kappa shape index (κ2) is 5.85. The Morgan fingerprint density at radius 3 is 2.47 bits per heavy atom. The number of rotatable bonds is 5. The fraction of sp³-hybridized carbons (Fsp3) is 0.929. The number of hydrogen-bond donors (Lipinski definition) is 1. The highest BCUT2D eigenvalue weighted by Gasteiger charge is 2.45.